The van der Waals surface area contributed by atoms with Crippen LogP contribution in [0.15, 0.2) is 24.3 Å². The van der Waals surface area contributed by atoms with E-state index in [0.29, 0.717) is 0 Å². The van der Waals surface area contributed by atoms with E-state index in [9.17, 15) is 4.79 Å². The van der Waals surface area contributed by atoms with Crippen LogP contribution in [0.4, 0.5) is 5.69 Å². The number of carbonyl (C=O) groups excluding carboxylic acids is 1. The quantitative estimate of drug-likeness (QED) is 0.906. The summed E-state index contributed by atoms with van der Waals surface area (Å²) >= 11 is 6.00. The first-order valence-corrected chi connectivity index (χ1v) is 6.34. The number of piperidine rings is 1. The summed E-state index contributed by atoms with van der Waals surface area (Å²) in [4.78, 5) is 13.4. The summed E-state index contributed by atoms with van der Waals surface area (Å²) in [5, 5.41) is 3.72. The molecule has 3 nitrogen and oxygen atoms in total. The molecule has 0 saturated carbocycles. The molecule has 5 heteroatoms. The van der Waals surface area contributed by atoms with Gasteiger partial charge >= 0.3 is 0 Å². The molecule has 0 bridgehead atoms. The average Bonchev–Trinajstić information content (AvgIpc) is 2.29. The first kappa shape index (κ1) is 15.1. The number of rotatable bonds is 2. The van der Waals surface area contributed by atoms with Gasteiger partial charge in [-0.2, -0.15) is 0 Å². The fraction of sp³-hybridized carbons (Fsp3) is 0.462. The zero-order valence-corrected chi connectivity index (χ0v) is 11.9. The minimum atomic E-state index is 0. The largest absolute Gasteiger partial charge is 0.351 e. The Bertz CT molecular complexity index is 412. The van der Waals surface area contributed by atoms with Crippen LogP contribution in [0.25, 0.3) is 0 Å². The fourth-order valence-corrected chi connectivity index (χ4v) is 2.46. The third-order valence-electron chi connectivity index (χ3n) is 3.01. The van der Waals surface area contributed by atoms with E-state index in [1.165, 1.54) is 0 Å². The third-order valence-corrected chi connectivity index (χ3v) is 3.25. The highest BCUT2D eigenvalue weighted by Gasteiger charge is 2.23. The van der Waals surface area contributed by atoms with Crippen LogP contribution < -0.4 is 10.2 Å². The van der Waals surface area contributed by atoms with Crippen LogP contribution >= 0.6 is 24.0 Å². The first-order chi connectivity index (χ1) is 8.16. The SMILES string of the molecule is CC(=O)NC1CCCCN1c1cccc(Cl)c1.Cl. The van der Waals surface area contributed by atoms with Crippen molar-refractivity contribution in [2.45, 2.75) is 32.4 Å². The molecule has 1 amide bonds. The van der Waals surface area contributed by atoms with Gasteiger partial charge in [-0.1, -0.05) is 17.7 Å². The van der Waals surface area contributed by atoms with E-state index in [1.807, 2.05) is 24.3 Å². The molecule has 0 aliphatic carbocycles. The lowest BCUT2D eigenvalue weighted by atomic mass is 10.1. The summed E-state index contributed by atoms with van der Waals surface area (Å²) in [5.41, 5.74) is 1.08. The van der Waals surface area contributed by atoms with Crippen molar-refractivity contribution in [3.8, 4) is 0 Å². The van der Waals surface area contributed by atoms with Crippen molar-refractivity contribution in [1.82, 2.24) is 5.32 Å². The van der Waals surface area contributed by atoms with Crippen molar-refractivity contribution in [3.63, 3.8) is 0 Å². The summed E-state index contributed by atoms with van der Waals surface area (Å²) in [6.07, 6.45) is 3.40. The first-order valence-electron chi connectivity index (χ1n) is 5.96. The summed E-state index contributed by atoms with van der Waals surface area (Å²) in [6, 6.07) is 7.78. The number of anilines is 1. The number of benzene rings is 1. The molecule has 2 rings (SSSR count). The molecular formula is C13H18Cl2N2O. The predicted molar refractivity (Wildman–Crippen MR) is 77.5 cm³/mol. The van der Waals surface area contributed by atoms with E-state index in [0.717, 1.165) is 36.5 Å². The number of halogens is 2. The summed E-state index contributed by atoms with van der Waals surface area (Å²) in [6.45, 7) is 2.52. The number of hydrogen-bond acceptors (Lipinski definition) is 2. The van der Waals surface area contributed by atoms with E-state index in [2.05, 4.69) is 10.2 Å². The van der Waals surface area contributed by atoms with Crippen molar-refractivity contribution in [1.29, 1.82) is 0 Å². The van der Waals surface area contributed by atoms with E-state index >= 15 is 0 Å². The van der Waals surface area contributed by atoms with Crippen LogP contribution in [0.1, 0.15) is 26.2 Å². The normalized spacial score (nSPS) is 19.0. The molecule has 1 aromatic carbocycles. The Kier molecular flexibility index (Phi) is 5.76. The minimum absolute atomic E-state index is 0. The maximum atomic E-state index is 11.2. The van der Waals surface area contributed by atoms with Gasteiger partial charge in [0.25, 0.3) is 0 Å². The highest BCUT2D eigenvalue weighted by molar-refractivity contribution is 6.30. The molecular weight excluding hydrogens is 271 g/mol. The van der Waals surface area contributed by atoms with E-state index < -0.39 is 0 Å². The lowest BCUT2D eigenvalue weighted by Crippen LogP contribution is -2.50. The van der Waals surface area contributed by atoms with Gasteiger partial charge in [0.05, 0.1) is 0 Å². The number of nitrogens with zero attached hydrogens (tertiary/aromatic N) is 1. The topological polar surface area (TPSA) is 32.3 Å². The molecule has 1 aromatic rings. The number of amides is 1. The molecule has 1 saturated heterocycles. The predicted octanol–water partition coefficient (Wildman–Crippen LogP) is 3.21. The molecule has 1 heterocycles. The Morgan fingerprint density at radius 2 is 2.22 bits per heavy atom. The van der Waals surface area contributed by atoms with Crippen molar-refractivity contribution in [2.75, 3.05) is 11.4 Å². The molecule has 0 spiro atoms. The molecule has 1 aliphatic rings. The molecule has 0 aromatic heterocycles. The third kappa shape index (κ3) is 3.79. The Morgan fingerprint density at radius 1 is 1.44 bits per heavy atom. The van der Waals surface area contributed by atoms with Gasteiger partial charge in [0.15, 0.2) is 0 Å². The maximum Gasteiger partial charge on any atom is 0.218 e. The fourth-order valence-electron chi connectivity index (χ4n) is 2.28. The molecule has 18 heavy (non-hydrogen) atoms. The standard InChI is InChI=1S/C13H17ClN2O.ClH/c1-10(17)15-13-7-2-3-8-16(13)12-6-4-5-11(14)9-12;/h4-6,9,13H,2-3,7-8H2,1H3,(H,15,17);1H. The van der Waals surface area contributed by atoms with Gasteiger partial charge in [0, 0.05) is 24.2 Å². The Morgan fingerprint density at radius 3 is 2.89 bits per heavy atom. The maximum absolute atomic E-state index is 11.2. The Hall–Kier alpha value is -0.930. The molecule has 100 valence electrons. The molecule has 1 atom stereocenters. The van der Waals surface area contributed by atoms with Gasteiger partial charge in [-0.3, -0.25) is 4.79 Å². The zero-order chi connectivity index (χ0) is 12.3. The van der Waals surface area contributed by atoms with Crippen LogP contribution in [-0.4, -0.2) is 18.6 Å². The zero-order valence-electron chi connectivity index (χ0n) is 10.4. The van der Waals surface area contributed by atoms with E-state index in [-0.39, 0.29) is 24.5 Å². The van der Waals surface area contributed by atoms with Crippen molar-refractivity contribution >= 4 is 35.6 Å². The van der Waals surface area contributed by atoms with Crippen molar-refractivity contribution in [3.05, 3.63) is 29.3 Å². The number of carbonyl (C=O) groups is 1. The van der Waals surface area contributed by atoms with E-state index in [4.69, 9.17) is 11.6 Å². The van der Waals surface area contributed by atoms with Crippen LogP contribution in [0, 0.1) is 0 Å². The smallest absolute Gasteiger partial charge is 0.218 e. The molecule has 1 N–H and O–H groups in total. The monoisotopic (exact) mass is 288 g/mol. The Balaban J connectivity index is 0.00000162. The summed E-state index contributed by atoms with van der Waals surface area (Å²) in [7, 11) is 0. The minimum Gasteiger partial charge on any atom is -0.351 e. The van der Waals surface area contributed by atoms with Gasteiger partial charge in [0.1, 0.15) is 6.17 Å². The van der Waals surface area contributed by atoms with Crippen LogP contribution in [0.5, 0.6) is 0 Å². The van der Waals surface area contributed by atoms with Crippen LogP contribution in [0.3, 0.4) is 0 Å². The van der Waals surface area contributed by atoms with Crippen molar-refractivity contribution in [2.24, 2.45) is 0 Å². The van der Waals surface area contributed by atoms with Gasteiger partial charge in [0.2, 0.25) is 5.91 Å². The highest BCUT2D eigenvalue weighted by Crippen LogP contribution is 2.25. The number of hydrogen-bond donors (Lipinski definition) is 1. The van der Waals surface area contributed by atoms with Gasteiger partial charge < -0.3 is 10.2 Å². The summed E-state index contributed by atoms with van der Waals surface area (Å²) in [5.74, 6) is 0.0175. The van der Waals surface area contributed by atoms with Crippen LogP contribution in [-0.2, 0) is 4.79 Å². The second-order valence-electron chi connectivity index (χ2n) is 4.39. The van der Waals surface area contributed by atoms with E-state index in [1.54, 1.807) is 6.92 Å². The lowest BCUT2D eigenvalue weighted by Gasteiger charge is -2.37. The van der Waals surface area contributed by atoms with Gasteiger partial charge in [-0.25, -0.2) is 0 Å². The molecule has 1 unspecified atom stereocenters. The van der Waals surface area contributed by atoms with Crippen molar-refractivity contribution < 1.29 is 4.79 Å². The molecule has 1 aliphatic heterocycles. The number of nitrogens with one attached hydrogen (secondary N) is 1. The lowest BCUT2D eigenvalue weighted by molar-refractivity contribution is -0.119. The van der Waals surface area contributed by atoms with Gasteiger partial charge in [-0.05, 0) is 37.5 Å². The molecule has 1 fully saturated rings. The average molecular weight is 289 g/mol. The second kappa shape index (κ2) is 6.86. The van der Waals surface area contributed by atoms with Gasteiger partial charge in [-0.15, -0.1) is 12.4 Å². The Labute approximate surface area is 119 Å². The highest BCUT2D eigenvalue weighted by atomic mass is 35.5. The summed E-state index contributed by atoms with van der Waals surface area (Å²) < 4.78 is 0. The van der Waals surface area contributed by atoms with Crippen LogP contribution in [0.2, 0.25) is 5.02 Å². The second-order valence-corrected chi connectivity index (χ2v) is 4.82. The molecule has 0 radical (unpaired) electrons.